The van der Waals surface area contributed by atoms with Gasteiger partial charge in [-0.05, 0) is 44.2 Å². The van der Waals surface area contributed by atoms with Gasteiger partial charge in [0.1, 0.15) is 6.17 Å². The fraction of sp³-hybridized carbons (Fsp3) is 0.562. The molecule has 4 atom stereocenters. The van der Waals surface area contributed by atoms with Gasteiger partial charge in [0.2, 0.25) is 5.91 Å². The Bertz CT molecular complexity index is 520. The van der Waals surface area contributed by atoms with Crippen molar-refractivity contribution in [1.29, 1.82) is 0 Å². The first-order valence-corrected chi connectivity index (χ1v) is 8.68. The van der Waals surface area contributed by atoms with Crippen LogP contribution in [0.1, 0.15) is 32.0 Å². The van der Waals surface area contributed by atoms with Crippen LogP contribution < -0.4 is 5.32 Å². The molecule has 3 rings (SSSR count). The largest absolute Gasteiger partial charge is 0.376 e. The molecule has 2 aliphatic heterocycles. The van der Waals surface area contributed by atoms with Gasteiger partial charge >= 0.3 is 0 Å². The molecule has 1 N–H and O–H groups in total. The highest BCUT2D eigenvalue weighted by molar-refractivity contribution is 7.98. The number of nitrogens with one attached hydrogen (secondary N) is 1. The van der Waals surface area contributed by atoms with E-state index in [1.54, 1.807) is 11.8 Å². The monoisotopic (exact) mass is 306 g/mol. The molecule has 0 saturated carbocycles. The lowest BCUT2D eigenvalue weighted by atomic mass is 10.1. The minimum atomic E-state index is -0.136. The molecule has 4 nitrogen and oxygen atoms in total. The third kappa shape index (κ3) is 2.70. The third-order valence-electron chi connectivity index (χ3n) is 4.44. The van der Waals surface area contributed by atoms with Crippen molar-refractivity contribution in [1.82, 2.24) is 10.2 Å². The van der Waals surface area contributed by atoms with Gasteiger partial charge in [0.15, 0.2) is 0 Å². The van der Waals surface area contributed by atoms with Gasteiger partial charge in [-0.15, -0.1) is 11.8 Å². The number of amides is 1. The van der Waals surface area contributed by atoms with Crippen LogP contribution in [0.3, 0.4) is 0 Å². The van der Waals surface area contributed by atoms with Crippen LogP contribution >= 0.6 is 11.8 Å². The van der Waals surface area contributed by atoms with Gasteiger partial charge in [0, 0.05) is 11.5 Å². The minimum absolute atomic E-state index is 0.0439. The SMILES string of the molecule is CSc1ccc(C2NC(C)C(=O)N2C2CCOC2C)cc1. The highest BCUT2D eigenvalue weighted by atomic mass is 32.2. The molecule has 4 unspecified atom stereocenters. The molecular weight excluding hydrogens is 284 g/mol. The lowest BCUT2D eigenvalue weighted by Gasteiger charge is -2.32. The smallest absolute Gasteiger partial charge is 0.241 e. The molecular formula is C16H22N2O2S. The second kappa shape index (κ2) is 5.99. The summed E-state index contributed by atoms with van der Waals surface area (Å²) in [5, 5.41) is 3.42. The van der Waals surface area contributed by atoms with E-state index in [-0.39, 0.29) is 30.3 Å². The van der Waals surface area contributed by atoms with Crippen molar-refractivity contribution in [3.05, 3.63) is 29.8 Å². The quantitative estimate of drug-likeness (QED) is 0.871. The number of hydrogen-bond acceptors (Lipinski definition) is 4. The first kappa shape index (κ1) is 14.9. The van der Waals surface area contributed by atoms with E-state index in [0.29, 0.717) is 0 Å². The Morgan fingerprint density at radius 1 is 1.29 bits per heavy atom. The molecule has 2 fully saturated rings. The molecule has 0 bridgehead atoms. The maximum absolute atomic E-state index is 12.5. The zero-order valence-electron chi connectivity index (χ0n) is 12.7. The van der Waals surface area contributed by atoms with Crippen LogP contribution in [0.15, 0.2) is 29.2 Å². The van der Waals surface area contributed by atoms with Crippen LogP contribution in [0.5, 0.6) is 0 Å². The van der Waals surface area contributed by atoms with E-state index in [9.17, 15) is 4.79 Å². The predicted molar refractivity (Wildman–Crippen MR) is 84.2 cm³/mol. The lowest BCUT2D eigenvalue weighted by Crippen LogP contribution is -2.43. The fourth-order valence-corrected chi connectivity index (χ4v) is 3.63. The zero-order chi connectivity index (χ0) is 15.0. The Labute approximate surface area is 130 Å². The number of hydrogen-bond donors (Lipinski definition) is 1. The van der Waals surface area contributed by atoms with Gasteiger partial charge in [0.25, 0.3) is 0 Å². The molecule has 2 heterocycles. The molecule has 21 heavy (non-hydrogen) atoms. The summed E-state index contributed by atoms with van der Waals surface area (Å²) in [7, 11) is 0. The average Bonchev–Trinajstić information content (AvgIpc) is 3.03. The molecule has 2 saturated heterocycles. The van der Waals surface area contributed by atoms with Gasteiger partial charge in [-0.25, -0.2) is 0 Å². The maximum Gasteiger partial charge on any atom is 0.241 e. The van der Waals surface area contributed by atoms with Crippen LogP contribution in [0, 0.1) is 0 Å². The number of thioether (sulfide) groups is 1. The van der Waals surface area contributed by atoms with Crippen molar-refractivity contribution in [2.24, 2.45) is 0 Å². The summed E-state index contributed by atoms with van der Waals surface area (Å²) in [6.45, 7) is 4.73. The predicted octanol–water partition coefficient (Wildman–Crippen LogP) is 2.40. The van der Waals surface area contributed by atoms with E-state index in [1.165, 1.54) is 4.90 Å². The summed E-state index contributed by atoms with van der Waals surface area (Å²) in [5.41, 5.74) is 1.14. The van der Waals surface area contributed by atoms with E-state index < -0.39 is 0 Å². The summed E-state index contributed by atoms with van der Waals surface area (Å²) in [4.78, 5) is 15.8. The first-order chi connectivity index (χ1) is 10.1. The molecule has 5 heteroatoms. The summed E-state index contributed by atoms with van der Waals surface area (Å²) in [6.07, 6.45) is 3.05. The Hall–Kier alpha value is -1.04. The number of ether oxygens (including phenoxy) is 1. The second-order valence-corrected chi connectivity index (χ2v) is 6.62. The van der Waals surface area contributed by atoms with Crippen molar-refractivity contribution in [2.45, 2.75) is 49.5 Å². The van der Waals surface area contributed by atoms with Crippen molar-refractivity contribution in [3.63, 3.8) is 0 Å². The van der Waals surface area contributed by atoms with Crippen LogP contribution in [0.25, 0.3) is 0 Å². The molecule has 0 radical (unpaired) electrons. The van der Waals surface area contributed by atoms with E-state index in [0.717, 1.165) is 18.6 Å². The second-order valence-electron chi connectivity index (χ2n) is 5.74. The molecule has 114 valence electrons. The van der Waals surface area contributed by atoms with Crippen LogP contribution in [-0.2, 0) is 9.53 Å². The maximum atomic E-state index is 12.5. The molecule has 1 aromatic carbocycles. The number of nitrogens with zero attached hydrogens (tertiary/aromatic N) is 1. The van der Waals surface area contributed by atoms with Gasteiger partial charge in [-0.2, -0.15) is 0 Å². The summed E-state index contributed by atoms with van der Waals surface area (Å²) < 4.78 is 5.66. The van der Waals surface area contributed by atoms with E-state index >= 15 is 0 Å². The molecule has 1 aromatic rings. The van der Waals surface area contributed by atoms with E-state index in [2.05, 4.69) is 42.8 Å². The first-order valence-electron chi connectivity index (χ1n) is 7.45. The summed E-state index contributed by atoms with van der Waals surface area (Å²) in [6, 6.07) is 8.48. The Kier molecular flexibility index (Phi) is 4.24. The van der Waals surface area contributed by atoms with Gasteiger partial charge in [0.05, 0.1) is 18.2 Å². The summed E-state index contributed by atoms with van der Waals surface area (Å²) >= 11 is 1.73. The molecule has 0 spiro atoms. The minimum Gasteiger partial charge on any atom is -0.376 e. The Morgan fingerprint density at radius 2 is 2.00 bits per heavy atom. The van der Waals surface area contributed by atoms with Crippen LogP contribution in [0.2, 0.25) is 0 Å². The topological polar surface area (TPSA) is 41.6 Å². The summed E-state index contributed by atoms with van der Waals surface area (Å²) in [5.74, 6) is 0.177. The molecule has 0 aliphatic carbocycles. The zero-order valence-corrected chi connectivity index (χ0v) is 13.5. The standard InChI is InChI=1S/C16H22N2O2S/c1-10-16(19)18(14-8-9-20-11(14)2)15(17-10)12-4-6-13(21-3)7-5-12/h4-7,10-11,14-15,17H,8-9H2,1-3H3. The number of carbonyl (C=O) groups is 1. The number of benzene rings is 1. The Morgan fingerprint density at radius 3 is 2.57 bits per heavy atom. The highest BCUT2D eigenvalue weighted by Gasteiger charge is 2.44. The van der Waals surface area contributed by atoms with Gasteiger partial charge < -0.3 is 9.64 Å². The van der Waals surface area contributed by atoms with Crippen molar-refractivity contribution >= 4 is 17.7 Å². The molecule has 0 aromatic heterocycles. The van der Waals surface area contributed by atoms with E-state index in [4.69, 9.17) is 4.74 Å². The van der Waals surface area contributed by atoms with Gasteiger partial charge in [-0.1, -0.05) is 12.1 Å². The van der Waals surface area contributed by atoms with Crippen molar-refractivity contribution < 1.29 is 9.53 Å². The van der Waals surface area contributed by atoms with Crippen LogP contribution in [0.4, 0.5) is 0 Å². The molecule has 1 amide bonds. The van der Waals surface area contributed by atoms with E-state index in [1.807, 2.05) is 11.8 Å². The van der Waals surface area contributed by atoms with Crippen molar-refractivity contribution in [2.75, 3.05) is 12.9 Å². The molecule has 2 aliphatic rings. The van der Waals surface area contributed by atoms with Crippen molar-refractivity contribution in [3.8, 4) is 0 Å². The van der Waals surface area contributed by atoms with Gasteiger partial charge in [-0.3, -0.25) is 10.1 Å². The average molecular weight is 306 g/mol. The third-order valence-corrected chi connectivity index (χ3v) is 5.18. The number of rotatable bonds is 3. The number of carbonyl (C=O) groups excluding carboxylic acids is 1. The van der Waals surface area contributed by atoms with Crippen LogP contribution in [-0.4, -0.2) is 41.9 Å². The Balaban J connectivity index is 1.89. The lowest BCUT2D eigenvalue weighted by molar-refractivity contribution is -0.133. The highest BCUT2D eigenvalue weighted by Crippen LogP contribution is 2.33. The fourth-order valence-electron chi connectivity index (χ4n) is 3.22. The normalized spacial score (nSPS) is 32.9.